The first-order valence-electron chi connectivity index (χ1n) is 12.0. The van der Waals surface area contributed by atoms with Gasteiger partial charge in [0.25, 0.3) is 11.8 Å². The number of carbonyl (C=O) groups excluding carboxylic acids is 2. The summed E-state index contributed by atoms with van der Waals surface area (Å²) in [6.45, 7) is 7.11. The summed E-state index contributed by atoms with van der Waals surface area (Å²) in [5.74, 6) is 0.510. The summed E-state index contributed by atoms with van der Waals surface area (Å²) in [5.41, 5.74) is 3.73. The molecule has 0 radical (unpaired) electrons. The lowest BCUT2D eigenvalue weighted by Crippen LogP contribution is -2.18. The van der Waals surface area contributed by atoms with Crippen molar-refractivity contribution in [3.05, 3.63) is 107 Å². The van der Waals surface area contributed by atoms with Gasteiger partial charge in [-0.1, -0.05) is 56.3 Å². The van der Waals surface area contributed by atoms with Crippen LogP contribution in [0.15, 0.2) is 85.1 Å². The van der Waals surface area contributed by atoms with Gasteiger partial charge in [0.05, 0.1) is 5.69 Å². The minimum atomic E-state index is -0.394. The molecule has 2 N–H and O–H groups in total. The molecule has 1 aromatic heterocycles. The lowest BCUT2D eigenvalue weighted by molar-refractivity contribution is 0.102. The zero-order valence-corrected chi connectivity index (χ0v) is 20.7. The number of anilines is 2. The van der Waals surface area contributed by atoms with Crippen LogP contribution in [0.2, 0.25) is 0 Å². The van der Waals surface area contributed by atoms with E-state index in [9.17, 15) is 9.59 Å². The summed E-state index contributed by atoms with van der Waals surface area (Å²) in [7, 11) is 0. The summed E-state index contributed by atoms with van der Waals surface area (Å²) < 4.78 is 7.52. The molecule has 2 amide bonds. The predicted molar refractivity (Wildman–Crippen MR) is 142 cm³/mol. The Bertz CT molecular complexity index is 1330. The van der Waals surface area contributed by atoms with Crippen LogP contribution in [0.25, 0.3) is 0 Å². The number of hydrogen-bond donors (Lipinski definition) is 2. The number of nitrogens with zero attached hydrogens (tertiary/aromatic N) is 2. The zero-order valence-electron chi connectivity index (χ0n) is 20.7. The van der Waals surface area contributed by atoms with Gasteiger partial charge in [-0.05, 0) is 60.4 Å². The minimum absolute atomic E-state index is 0.151. The van der Waals surface area contributed by atoms with Gasteiger partial charge in [-0.3, -0.25) is 14.3 Å². The molecular weight excluding hydrogens is 452 g/mol. The predicted octanol–water partition coefficient (Wildman–Crippen LogP) is 6.11. The third-order valence-electron chi connectivity index (χ3n) is 5.72. The Morgan fingerprint density at radius 2 is 1.67 bits per heavy atom. The van der Waals surface area contributed by atoms with E-state index in [1.54, 1.807) is 35.1 Å². The Labute approximate surface area is 211 Å². The Balaban J connectivity index is 1.44. The first-order valence-corrected chi connectivity index (χ1v) is 12.0. The number of para-hydroxylation sites is 1. The van der Waals surface area contributed by atoms with E-state index >= 15 is 0 Å². The maximum Gasteiger partial charge on any atom is 0.278 e. The molecule has 7 nitrogen and oxygen atoms in total. The van der Waals surface area contributed by atoms with Crippen LogP contribution in [0.4, 0.5) is 11.4 Å². The van der Waals surface area contributed by atoms with E-state index in [0.29, 0.717) is 36.0 Å². The van der Waals surface area contributed by atoms with E-state index in [1.165, 1.54) is 5.56 Å². The molecule has 0 aliphatic carbocycles. The smallest absolute Gasteiger partial charge is 0.278 e. The van der Waals surface area contributed by atoms with Crippen molar-refractivity contribution in [2.75, 3.05) is 10.6 Å². The van der Waals surface area contributed by atoms with Crippen molar-refractivity contribution in [2.45, 2.75) is 39.8 Å². The average molecular weight is 483 g/mol. The van der Waals surface area contributed by atoms with Crippen LogP contribution >= 0.6 is 0 Å². The molecule has 0 fully saturated rings. The monoisotopic (exact) mass is 482 g/mol. The van der Waals surface area contributed by atoms with Crippen LogP contribution in [0, 0.1) is 0 Å². The van der Waals surface area contributed by atoms with Crippen LogP contribution in [-0.2, 0) is 13.2 Å². The third-order valence-corrected chi connectivity index (χ3v) is 5.72. The lowest BCUT2D eigenvalue weighted by Gasteiger charge is -2.10. The molecule has 36 heavy (non-hydrogen) atoms. The number of nitrogens with one attached hydrogen (secondary N) is 2. The first-order chi connectivity index (χ1) is 17.4. The SMILES string of the molecule is CCn1cc(NC(=O)c2cccc(COc3ccc(C(C)C)cc3)c2)c(C(=O)Nc2ccccc2)n1. The van der Waals surface area contributed by atoms with E-state index in [4.69, 9.17) is 4.74 Å². The summed E-state index contributed by atoms with van der Waals surface area (Å²) in [6, 6.07) is 24.4. The quantitative estimate of drug-likeness (QED) is 0.301. The minimum Gasteiger partial charge on any atom is -0.489 e. The van der Waals surface area contributed by atoms with Gasteiger partial charge in [-0.15, -0.1) is 0 Å². The molecule has 0 bridgehead atoms. The summed E-state index contributed by atoms with van der Waals surface area (Å²) in [6.07, 6.45) is 1.66. The Morgan fingerprint density at radius 3 is 2.36 bits per heavy atom. The highest BCUT2D eigenvalue weighted by Crippen LogP contribution is 2.21. The molecule has 0 aliphatic heterocycles. The number of rotatable bonds is 9. The summed E-state index contributed by atoms with van der Waals surface area (Å²) in [5, 5.41) is 10.00. The van der Waals surface area contributed by atoms with E-state index in [1.807, 2.05) is 49.4 Å². The standard InChI is InChI=1S/C29H30N4O3/c1-4-33-18-26(27(32-33)29(35)30-24-11-6-5-7-12-24)31-28(34)23-10-8-9-21(17-23)19-36-25-15-13-22(14-16-25)20(2)3/h5-18,20H,4,19H2,1-3H3,(H,30,35)(H,31,34). The molecule has 4 aromatic rings. The average Bonchev–Trinajstić information content (AvgIpc) is 3.31. The molecule has 0 aliphatic rings. The number of ether oxygens (including phenoxy) is 1. The molecule has 0 unspecified atom stereocenters. The van der Waals surface area contributed by atoms with Crippen LogP contribution in [-0.4, -0.2) is 21.6 Å². The molecule has 0 spiro atoms. The molecule has 184 valence electrons. The number of aromatic nitrogens is 2. The topological polar surface area (TPSA) is 85.2 Å². The molecule has 0 saturated carbocycles. The fraction of sp³-hybridized carbons (Fsp3) is 0.207. The maximum absolute atomic E-state index is 13.1. The largest absolute Gasteiger partial charge is 0.489 e. The van der Waals surface area contributed by atoms with Crippen molar-refractivity contribution in [1.82, 2.24) is 9.78 Å². The van der Waals surface area contributed by atoms with Gasteiger partial charge >= 0.3 is 0 Å². The van der Waals surface area contributed by atoms with Gasteiger partial charge in [-0.25, -0.2) is 0 Å². The Kier molecular flexibility index (Phi) is 7.80. The van der Waals surface area contributed by atoms with E-state index in [2.05, 4.69) is 41.7 Å². The lowest BCUT2D eigenvalue weighted by atomic mass is 10.0. The van der Waals surface area contributed by atoms with Gasteiger partial charge in [-0.2, -0.15) is 5.10 Å². The van der Waals surface area contributed by atoms with Gasteiger partial charge in [0, 0.05) is 24.0 Å². The van der Waals surface area contributed by atoms with Crippen LogP contribution in [0.3, 0.4) is 0 Å². The highest BCUT2D eigenvalue weighted by Gasteiger charge is 2.19. The molecule has 1 heterocycles. The second kappa shape index (κ2) is 11.4. The maximum atomic E-state index is 13.1. The highest BCUT2D eigenvalue weighted by atomic mass is 16.5. The summed E-state index contributed by atoms with van der Waals surface area (Å²) >= 11 is 0. The van der Waals surface area contributed by atoms with E-state index in [-0.39, 0.29) is 11.6 Å². The Morgan fingerprint density at radius 1 is 0.917 bits per heavy atom. The van der Waals surface area contributed by atoms with Gasteiger partial charge in [0.2, 0.25) is 0 Å². The number of benzene rings is 3. The number of carbonyl (C=O) groups is 2. The number of aryl methyl sites for hydroxylation is 1. The van der Waals surface area contributed by atoms with Crippen LogP contribution in [0.1, 0.15) is 58.7 Å². The fourth-order valence-electron chi connectivity index (χ4n) is 3.67. The van der Waals surface area contributed by atoms with Crippen LogP contribution < -0.4 is 15.4 Å². The second-order valence-electron chi connectivity index (χ2n) is 8.73. The first kappa shape index (κ1) is 24.7. The molecule has 7 heteroatoms. The van der Waals surface area contributed by atoms with Crippen molar-refractivity contribution >= 4 is 23.2 Å². The number of hydrogen-bond acceptors (Lipinski definition) is 4. The molecular formula is C29H30N4O3. The summed E-state index contributed by atoms with van der Waals surface area (Å²) in [4.78, 5) is 25.9. The number of amides is 2. The van der Waals surface area contributed by atoms with Crippen molar-refractivity contribution in [3.63, 3.8) is 0 Å². The normalized spacial score (nSPS) is 10.8. The Hall–Kier alpha value is -4.39. The third kappa shape index (κ3) is 6.18. The van der Waals surface area contributed by atoms with Gasteiger partial charge in [0.15, 0.2) is 5.69 Å². The van der Waals surface area contributed by atoms with E-state index in [0.717, 1.165) is 11.3 Å². The molecule has 4 rings (SSSR count). The van der Waals surface area contributed by atoms with Crippen molar-refractivity contribution < 1.29 is 14.3 Å². The van der Waals surface area contributed by atoms with Crippen molar-refractivity contribution in [3.8, 4) is 5.75 Å². The van der Waals surface area contributed by atoms with Crippen molar-refractivity contribution in [1.29, 1.82) is 0 Å². The van der Waals surface area contributed by atoms with Crippen molar-refractivity contribution in [2.24, 2.45) is 0 Å². The van der Waals surface area contributed by atoms with Gasteiger partial charge in [0.1, 0.15) is 12.4 Å². The molecule has 0 saturated heterocycles. The second-order valence-corrected chi connectivity index (χ2v) is 8.73. The fourth-order valence-corrected chi connectivity index (χ4v) is 3.67. The molecule has 0 atom stereocenters. The zero-order chi connectivity index (χ0) is 25.5. The molecule has 3 aromatic carbocycles. The van der Waals surface area contributed by atoms with Gasteiger partial charge < -0.3 is 15.4 Å². The van der Waals surface area contributed by atoms with E-state index < -0.39 is 5.91 Å². The highest BCUT2D eigenvalue weighted by molar-refractivity contribution is 6.11. The van der Waals surface area contributed by atoms with Crippen LogP contribution in [0.5, 0.6) is 5.75 Å².